The molecule has 0 saturated carbocycles. The summed E-state index contributed by atoms with van der Waals surface area (Å²) in [5, 5.41) is 9.82. The van der Waals surface area contributed by atoms with E-state index in [4.69, 9.17) is 4.74 Å². The van der Waals surface area contributed by atoms with Gasteiger partial charge in [0.2, 0.25) is 0 Å². The minimum Gasteiger partial charge on any atom is -0.508 e. The van der Waals surface area contributed by atoms with Crippen LogP contribution in [0.3, 0.4) is 0 Å². The zero-order chi connectivity index (χ0) is 12.3. The minimum atomic E-state index is -0.0162. The lowest BCUT2D eigenvalue weighted by atomic mass is 10.1. The monoisotopic (exact) mass is 232 g/mol. The molecule has 1 aromatic carbocycles. The first kappa shape index (κ1) is 11.4. The van der Waals surface area contributed by atoms with Crippen molar-refractivity contribution in [1.29, 1.82) is 0 Å². The van der Waals surface area contributed by atoms with Crippen LogP contribution in [0.15, 0.2) is 42.7 Å². The summed E-state index contributed by atoms with van der Waals surface area (Å²) in [7, 11) is 1.61. The molecule has 0 bridgehead atoms. The highest BCUT2D eigenvalue weighted by atomic mass is 16.5. The Morgan fingerprint density at radius 3 is 2.65 bits per heavy atom. The van der Waals surface area contributed by atoms with Gasteiger partial charge in [-0.3, -0.25) is 4.68 Å². The van der Waals surface area contributed by atoms with Crippen molar-refractivity contribution < 1.29 is 9.84 Å². The Morgan fingerprint density at radius 1 is 1.29 bits per heavy atom. The number of hydrogen-bond acceptors (Lipinski definition) is 3. The summed E-state index contributed by atoms with van der Waals surface area (Å²) >= 11 is 0. The fraction of sp³-hybridized carbons (Fsp3) is 0.231. The van der Waals surface area contributed by atoms with Crippen LogP contribution in [0.1, 0.15) is 18.5 Å². The lowest BCUT2D eigenvalue weighted by molar-refractivity contribution is 0.410. The Kier molecular flexibility index (Phi) is 3.23. The van der Waals surface area contributed by atoms with Crippen LogP contribution in [-0.2, 0) is 0 Å². The predicted octanol–water partition coefficient (Wildman–Crippen LogP) is 2.51. The maximum absolute atomic E-state index is 9.82. The van der Waals surface area contributed by atoms with E-state index in [0.717, 1.165) is 11.3 Å². The van der Waals surface area contributed by atoms with Crippen LogP contribution in [0.25, 0.3) is 0 Å². The first-order valence-corrected chi connectivity index (χ1v) is 5.47. The Hall–Kier alpha value is -2.10. The van der Waals surface area contributed by atoms with E-state index in [2.05, 4.69) is 5.43 Å². The van der Waals surface area contributed by atoms with Crippen molar-refractivity contribution >= 4 is 0 Å². The molecule has 0 radical (unpaired) electrons. The molecule has 0 aliphatic heterocycles. The predicted molar refractivity (Wildman–Crippen MR) is 66.9 cm³/mol. The van der Waals surface area contributed by atoms with Gasteiger partial charge in [0.05, 0.1) is 13.2 Å². The maximum atomic E-state index is 9.82. The first-order valence-electron chi connectivity index (χ1n) is 5.47. The van der Waals surface area contributed by atoms with Crippen molar-refractivity contribution in [3.63, 3.8) is 0 Å². The molecule has 1 aromatic heterocycles. The number of rotatable bonds is 4. The number of nitrogens with one attached hydrogen (secondary N) is 1. The molecule has 1 heterocycles. The highest BCUT2D eigenvalue weighted by Crippen LogP contribution is 2.28. The van der Waals surface area contributed by atoms with E-state index in [-0.39, 0.29) is 11.8 Å². The van der Waals surface area contributed by atoms with Gasteiger partial charge in [0.15, 0.2) is 0 Å². The molecule has 0 aliphatic carbocycles. The van der Waals surface area contributed by atoms with Crippen molar-refractivity contribution in [3.8, 4) is 11.5 Å². The van der Waals surface area contributed by atoms with E-state index in [0.29, 0.717) is 0 Å². The van der Waals surface area contributed by atoms with Crippen LogP contribution in [0, 0.1) is 0 Å². The largest absolute Gasteiger partial charge is 0.508 e. The zero-order valence-corrected chi connectivity index (χ0v) is 9.92. The summed E-state index contributed by atoms with van der Waals surface area (Å²) in [6.07, 6.45) is 3.82. The van der Waals surface area contributed by atoms with Gasteiger partial charge in [-0.1, -0.05) is 0 Å². The number of aromatic nitrogens is 1. The molecule has 4 heteroatoms. The van der Waals surface area contributed by atoms with Crippen molar-refractivity contribution in [2.45, 2.75) is 13.0 Å². The van der Waals surface area contributed by atoms with Crippen LogP contribution in [0.4, 0.5) is 0 Å². The van der Waals surface area contributed by atoms with Gasteiger partial charge >= 0.3 is 0 Å². The second-order valence-electron chi connectivity index (χ2n) is 3.87. The van der Waals surface area contributed by atoms with E-state index >= 15 is 0 Å². The fourth-order valence-corrected chi connectivity index (χ4v) is 1.72. The van der Waals surface area contributed by atoms with Gasteiger partial charge in [-0.05, 0) is 37.3 Å². The third kappa shape index (κ3) is 2.53. The van der Waals surface area contributed by atoms with Gasteiger partial charge in [0.25, 0.3) is 0 Å². The van der Waals surface area contributed by atoms with Crippen LogP contribution in [0.2, 0.25) is 0 Å². The second-order valence-corrected chi connectivity index (χ2v) is 3.87. The summed E-state index contributed by atoms with van der Waals surface area (Å²) < 4.78 is 7.00. The fourth-order valence-electron chi connectivity index (χ4n) is 1.72. The zero-order valence-electron chi connectivity index (χ0n) is 9.92. The first-order chi connectivity index (χ1) is 8.20. The molecule has 1 atom stereocenters. The number of methoxy groups -OCH3 is 1. The highest BCUT2D eigenvalue weighted by Gasteiger charge is 2.11. The van der Waals surface area contributed by atoms with Crippen LogP contribution in [-0.4, -0.2) is 16.9 Å². The SMILES string of the molecule is COc1ccc(O)c(C(C)Nn2cccc2)c1. The number of nitrogens with zero attached hydrogens (tertiary/aromatic N) is 1. The quantitative estimate of drug-likeness (QED) is 0.851. The Balaban J connectivity index is 2.20. The third-order valence-corrected chi connectivity index (χ3v) is 2.65. The summed E-state index contributed by atoms with van der Waals surface area (Å²) in [6.45, 7) is 1.98. The van der Waals surface area contributed by atoms with E-state index in [1.54, 1.807) is 19.2 Å². The van der Waals surface area contributed by atoms with E-state index in [1.165, 1.54) is 0 Å². The molecule has 0 amide bonds. The second kappa shape index (κ2) is 4.82. The van der Waals surface area contributed by atoms with E-state index < -0.39 is 0 Å². The molecule has 17 heavy (non-hydrogen) atoms. The third-order valence-electron chi connectivity index (χ3n) is 2.65. The van der Waals surface area contributed by atoms with Gasteiger partial charge in [0, 0.05) is 18.0 Å². The highest BCUT2D eigenvalue weighted by molar-refractivity contribution is 5.41. The summed E-state index contributed by atoms with van der Waals surface area (Å²) in [5.41, 5.74) is 4.04. The van der Waals surface area contributed by atoms with Crippen molar-refractivity contribution in [1.82, 2.24) is 4.68 Å². The molecule has 90 valence electrons. The van der Waals surface area contributed by atoms with Crippen LogP contribution < -0.4 is 10.2 Å². The molecule has 0 fully saturated rings. The number of aromatic hydroxyl groups is 1. The van der Waals surface area contributed by atoms with Gasteiger partial charge < -0.3 is 15.3 Å². The van der Waals surface area contributed by atoms with E-state index in [9.17, 15) is 5.11 Å². The number of phenols is 1. The standard InChI is InChI=1S/C13H16N2O2/c1-10(14-15-7-3-4-8-15)12-9-11(17-2)5-6-13(12)16/h3-10,14,16H,1-2H3. The average molecular weight is 232 g/mol. The molecule has 0 saturated heterocycles. The summed E-state index contributed by atoms with van der Waals surface area (Å²) in [6, 6.07) is 9.06. The van der Waals surface area contributed by atoms with Gasteiger partial charge in [-0.2, -0.15) is 0 Å². The van der Waals surface area contributed by atoms with Crippen molar-refractivity contribution in [3.05, 3.63) is 48.3 Å². The molecule has 4 nitrogen and oxygen atoms in total. The Bertz CT molecular complexity index is 480. The van der Waals surface area contributed by atoms with E-state index in [1.807, 2.05) is 42.2 Å². The van der Waals surface area contributed by atoms with Crippen molar-refractivity contribution in [2.24, 2.45) is 0 Å². The maximum Gasteiger partial charge on any atom is 0.121 e. The summed E-state index contributed by atoms with van der Waals surface area (Å²) in [4.78, 5) is 0. The topological polar surface area (TPSA) is 46.4 Å². The number of phenolic OH excluding ortho intramolecular Hbond substituents is 1. The van der Waals surface area contributed by atoms with Crippen LogP contribution in [0.5, 0.6) is 11.5 Å². The lowest BCUT2D eigenvalue weighted by Gasteiger charge is -2.18. The van der Waals surface area contributed by atoms with Gasteiger partial charge in [-0.15, -0.1) is 0 Å². The molecule has 2 N–H and O–H groups in total. The minimum absolute atomic E-state index is 0.0162. The summed E-state index contributed by atoms with van der Waals surface area (Å²) in [5.74, 6) is 0.997. The number of benzene rings is 1. The molecule has 0 spiro atoms. The smallest absolute Gasteiger partial charge is 0.121 e. The lowest BCUT2D eigenvalue weighted by Crippen LogP contribution is -2.17. The molecule has 2 rings (SSSR count). The Morgan fingerprint density at radius 2 is 2.00 bits per heavy atom. The molecule has 0 aliphatic rings. The van der Waals surface area contributed by atoms with Crippen molar-refractivity contribution in [2.75, 3.05) is 12.5 Å². The molecular formula is C13H16N2O2. The van der Waals surface area contributed by atoms with Gasteiger partial charge in [-0.25, -0.2) is 0 Å². The molecule has 1 unspecified atom stereocenters. The normalized spacial score (nSPS) is 12.1. The van der Waals surface area contributed by atoms with Gasteiger partial charge in [0.1, 0.15) is 11.5 Å². The number of hydrogen-bond donors (Lipinski definition) is 2. The number of ether oxygens (including phenoxy) is 1. The van der Waals surface area contributed by atoms with Crippen LogP contribution >= 0.6 is 0 Å². The Labute approximate surface area is 100 Å². The molecular weight excluding hydrogens is 216 g/mol. The molecule has 2 aromatic rings. The average Bonchev–Trinajstić information content (AvgIpc) is 2.82.